The van der Waals surface area contributed by atoms with Crippen LogP contribution in [0.3, 0.4) is 0 Å². The van der Waals surface area contributed by atoms with E-state index in [-0.39, 0.29) is 0 Å². The molecule has 0 fully saturated rings. The van der Waals surface area contributed by atoms with E-state index >= 15 is 0 Å². The highest BCUT2D eigenvalue weighted by molar-refractivity contribution is 7.48. The molecule has 0 saturated heterocycles. The van der Waals surface area contributed by atoms with Gasteiger partial charge in [0.2, 0.25) is 0 Å². The van der Waals surface area contributed by atoms with Crippen LogP contribution >= 0.6 is 7.82 Å². The fourth-order valence-corrected chi connectivity index (χ4v) is 5.10. The fraction of sp³-hybridized carbons (Fsp3) is 1.00. The van der Waals surface area contributed by atoms with E-state index in [0.717, 1.165) is 38.5 Å². The molecule has 0 amide bonds. The average molecular weight is 477 g/mol. The Bertz CT molecular complexity index is 377. The summed E-state index contributed by atoms with van der Waals surface area (Å²) in [6.45, 7) is 8.12. The quantitative estimate of drug-likeness (QED) is 0.0873. The predicted molar refractivity (Wildman–Crippen MR) is 139 cm³/mol. The van der Waals surface area contributed by atoms with Gasteiger partial charge < -0.3 is 0 Å². The zero-order chi connectivity index (χ0) is 23.6. The van der Waals surface area contributed by atoms with Gasteiger partial charge in [-0.2, -0.15) is 0 Å². The summed E-state index contributed by atoms with van der Waals surface area (Å²) in [5.41, 5.74) is 0. The standard InChI is InChI=1S/C27H57O4P/c1-4-7-10-13-15-17-20-23-26-30-32(28,29-25-22-19-12-9-6-3)31-27-24-21-18-16-14-11-8-5-2/h4-27H2,1-3H3. The molecule has 4 nitrogen and oxygen atoms in total. The Labute approximate surface area is 201 Å². The molecule has 0 aromatic carbocycles. The molecule has 32 heavy (non-hydrogen) atoms. The lowest BCUT2D eigenvalue weighted by Crippen LogP contribution is -2.04. The van der Waals surface area contributed by atoms with Gasteiger partial charge in [0.15, 0.2) is 0 Å². The summed E-state index contributed by atoms with van der Waals surface area (Å²) in [5.74, 6) is 0. The maximum atomic E-state index is 13.0. The molecule has 0 radical (unpaired) electrons. The van der Waals surface area contributed by atoms with E-state index in [9.17, 15) is 4.57 Å². The highest BCUT2D eigenvalue weighted by Crippen LogP contribution is 2.50. The normalized spacial score (nSPS) is 12.0. The summed E-state index contributed by atoms with van der Waals surface area (Å²) in [6.07, 6.45) is 25.5. The SMILES string of the molecule is CCCCCCCCCCOP(=O)(OCCCCCCC)OCCCCCCCCCC. The zero-order valence-electron chi connectivity index (χ0n) is 22.1. The first-order valence-electron chi connectivity index (χ1n) is 14.2. The highest BCUT2D eigenvalue weighted by Gasteiger charge is 2.26. The summed E-state index contributed by atoms with van der Waals surface area (Å²) >= 11 is 0. The average Bonchev–Trinajstić information content (AvgIpc) is 2.79. The molecule has 0 saturated carbocycles. The van der Waals surface area contributed by atoms with Crippen molar-refractivity contribution >= 4 is 7.82 Å². The molecule has 0 aliphatic rings. The molecule has 0 aromatic heterocycles. The molecule has 0 aromatic rings. The lowest BCUT2D eigenvalue weighted by Gasteiger charge is -2.18. The van der Waals surface area contributed by atoms with Gasteiger partial charge in [-0.1, -0.05) is 136 Å². The van der Waals surface area contributed by atoms with Gasteiger partial charge in [-0.25, -0.2) is 4.57 Å². The molecule has 0 heterocycles. The number of hydrogen-bond acceptors (Lipinski definition) is 4. The summed E-state index contributed by atoms with van der Waals surface area (Å²) < 4.78 is 30.1. The van der Waals surface area contributed by atoms with Gasteiger partial charge in [0.05, 0.1) is 19.8 Å². The monoisotopic (exact) mass is 476 g/mol. The summed E-state index contributed by atoms with van der Waals surface area (Å²) in [5, 5.41) is 0. The Morgan fingerprint density at radius 1 is 0.375 bits per heavy atom. The van der Waals surface area contributed by atoms with Gasteiger partial charge in [-0.3, -0.25) is 13.6 Å². The number of hydrogen-bond donors (Lipinski definition) is 0. The smallest absolute Gasteiger partial charge is 0.287 e. The van der Waals surface area contributed by atoms with E-state index in [1.807, 2.05) is 0 Å². The molecule has 5 heteroatoms. The first-order chi connectivity index (χ1) is 15.7. The minimum atomic E-state index is -3.42. The molecular weight excluding hydrogens is 419 g/mol. The number of unbranched alkanes of at least 4 members (excludes halogenated alkanes) is 18. The van der Waals surface area contributed by atoms with E-state index in [0.29, 0.717) is 19.8 Å². The fourth-order valence-electron chi connectivity index (χ4n) is 3.82. The van der Waals surface area contributed by atoms with Crippen molar-refractivity contribution in [3.8, 4) is 0 Å². The van der Waals surface area contributed by atoms with Crippen LogP contribution in [0.25, 0.3) is 0 Å². The molecule has 0 rings (SSSR count). The summed E-state index contributed by atoms with van der Waals surface area (Å²) in [7, 11) is -3.42. The molecule has 0 bridgehead atoms. The van der Waals surface area contributed by atoms with Gasteiger partial charge in [-0.05, 0) is 19.3 Å². The molecular formula is C27H57O4P. The van der Waals surface area contributed by atoms with Gasteiger partial charge in [0.1, 0.15) is 0 Å². The Hall–Kier alpha value is 0.110. The van der Waals surface area contributed by atoms with Crippen molar-refractivity contribution in [2.24, 2.45) is 0 Å². The minimum absolute atomic E-state index is 0.468. The number of phosphoric ester groups is 1. The topological polar surface area (TPSA) is 44.8 Å². The Morgan fingerprint density at radius 3 is 0.844 bits per heavy atom. The van der Waals surface area contributed by atoms with E-state index in [4.69, 9.17) is 13.6 Å². The second-order valence-corrected chi connectivity index (χ2v) is 11.0. The third kappa shape index (κ3) is 23.3. The van der Waals surface area contributed by atoms with Crippen LogP contribution in [-0.4, -0.2) is 19.8 Å². The van der Waals surface area contributed by atoms with Crippen molar-refractivity contribution in [2.75, 3.05) is 19.8 Å². The molecule has 194 valence electrons. The molecule has 0 atom stereocenters. The second-order valence-electron chi connectivity index (χ2n) is 9.31. The Kier molecular flexibility index (Phi) is 25.8. The minimum Gasteiger partial charge on any atom is -0.287 e. The van der Waals surface area contributed by atoms with Crippen molar-refractivity contribution in [3.05, 3.63) is 0 Å². The second kappa shape index (κ2) is 25.7. The van der Waals surface area contributed by atoms with Crippen LogP contribution in [0.15, 0.2) is 0 Å². The maximum Gasteiger partial charge on any atom is 0.474 e. The highest BCUT2D eigenvalue weighted by atomic mass is 31.2. The lowest BCUT2D eigenvalue weighted by molar-refractivity contribution is 0.108. The molecule has 0 spiro atoms. The van der Waals surface area contributed by atoms with Crippen molar-refractivity contribution < 1.29 is 18.1 Å². The molecule has 0 aliphatic carbocycles. The van der Waals surface area contributed by atoms with E-state index in [2.05, 4.69) is 20.8 Å². The third-order valence-corrected chi connectivity index (χ3v) is 7.49. The molecule has 0 aliphatic heterocycles. The zero-order valence-corrected chi connectivity index (χ0v) is 22.9. The van der Waals surface area contributed by atoms with Crippen molar-refractivity contribution in [3.63, 3.8) is 0 Å². The van der Waals surface area contributed by atoms with Gasteiger partial charge in [0, 0.05) is 0 Å². The third-order valence-electron chi connectivity index (χ3n) is 5.99. The van der Waals surface area contributed by atoms with E-state index < -0.39 is 7.82 Å². The maximum absolute atomic E-state index is 13.0. The van der Waals surface area contributed by atoms with E-state index in [1.54, 1.807) is 0 Å². The van der Waals surface area contributed by atoms with Gasteiger partial charge in [0.25, 0.3) is 0 Å². The van der Waals surface area contributed by atoms with Crippen LogP contribution in [0.5, 0.6) is 0 Å². The summed E-state index contributed by atoms with van der Waals surface area (Å²) in [4.78, 5) is 0. The van der Waals surface area contributed by atoms with Crippen LogP contribution in [0.4, 0.5) is 0 Å². The first kappa shape index (κ1) is 32.1. The number of rotatable bonds is 27. The first-order valence-corrected chi connectivity index (χ1v) is 15.7. The van der Waals surface area contributed by atoms with Crippen LogP contribution in [0.2, 0.25) is 0 Å². The van der Waals surface area contributed by atoms with Gasteiger partial charge in [-0.15, -0.1) is 0 Å². The summed E-state index contributed by atoms with van der Waals surface area (Å²) in [6, 6.07) is 0. The van der Waals surface area contributed by atoms with Crippen LogP contribution in [-0.2, 0) is 18.1 Å². The largest absolute Gasteiger partial charge is 0.474 e. The lowest BCUT2D eigenvalue weighted by atomic mass is 10.1. The predicted octanol–water partition coefficient (Wildman–Crippen LogP) is 10.4. The van der Waals surface area contributed by atoms with Crippen LogP contribution < -0.4 is 0 Å². The Balaban J connectivity index is 4.02. The molecule has 0 unspecified atom stereocenters. The van der Waals surface area contributed by atoms with Crippen molar-refractivity contribution in [2.45, 2.75) is 156 Å². The van der Waals surface area contributed by atoms with Crippen LogP contribution in [0.1, 0.15) is 156 Å². The van der Waals surface area contributed by atoms with Crippen LogP contribution in [0, 0.1) is 0 Å². The van der Waals surface area contributed by atoms with Gasteiger partial charge >= 0.3 is 7.82 Å². The van der Waals surface area contributed by atoms with Crippen molar-refractivity contribution in [1.29, 1.82) is 0 Å². The van der Waals surface area contributed by atoms with E-state index in [1.165, 1.54) is 96.3 Å². The van der Waals surface area contributed by atoms with Crippen molar-refractivity contribution in [1.82, 2.24) is 0 Å². The molecule has 0 N–H and O–H groups in total. The Morgan fingerprint density at radius 2 is 0.594 bits per heavy atom. The number of phosphoric acid groups is 1.